The van der Waals surface area contributed by atoms with Gasteiger partial charge in [0.15, 0.2) is 0 Å². The van der Waals surface area contributed by atoms with E-state index in [0.717, 1.165) is 19.3 Å². The molecule has 0 saturated heterocycles. The molecular weight excluding hydrogens is 246 g/mol. The number of nitrogens with one attached hydrogen (secondary N) is 1. The van der Waals surface area contributed by atoms with Gasteiger partial charge in [-0.1, -0.05) is 13.3 Å². The van der Waals surface area contributed by atoms with E-state index in [1.165, 1.54) is 13.4 Å². The summed E-state index contributed by atoms with van der Waals surface area (Å²) < 4.78 is 9.76. The van der Waals surface area contributed by atoms with E-state index in [4.69, 9.17) is 4.42 Å². The van der Waals surface area contributed by atoms with Crippen LogP contribution < -0.4 is 5.32 Å². The van der Waals surface area contributed by atoms with Crippen molar-refractivity contribution in [2.24, 2.45) is 0 Å². The standard InChI is InChI=1S/C14H21NO4/c1-3-12-11(8-10-19-12)14(17)15-9-6-4-5-7-13(16)18-2/h8,10H,3-7,9H2,1-2H3,(H,15,17). The number of carbonyl (C=O) groups excluding carboxylic acids is 2. The Bertz CT molecular complexity index is 411. The van der Waals surface area contributed by atoms with E-state index >= 15 is 0 Å². The highest BCUT2D eigenvalue weighted by Gasteiger charge is 2.12. The molecule has 0 spiro atoms. The molecule has 1 aromatic rings. The number of methoxy groups -OCH3 is 1. The molecule has 0 aliphatic heterocycles. The van der Waals surface area contributed by atoms with Crippen LogP contribution in [-0.4, -0.2) is 25.5 Å². The molecule has 5 nitrogen and oxygen atoms in total. The number of aryl methyl sites for hydroxylation is 1. The molecule has 0 bridgehead atoms. The molecule has 106 valence electrons. The van der Waals surface area contributed by atoms with Crippen molar-refractivity contribution >= 4 is 11.9 Å². The maximum Gasteiger partial charge on any atom is 0.305 e. The SMILES string of the molecule is CCc1occc1C(=O)NCCCCCC(=O)OC. The number of rotatable bonds is 8. The second-order valence-electron chi connectivity index (χ2n) is 4.25. The Morgan fingerprint density at radius 2 is 2.11 bits per heavy atom. The van der Waals surface area contributed by atoms with Crippen molar-refractivity contribution in [3.63, 3.8) is 0 Å². The monoisotopic (exact) mass is 267 g/mol. The lowest BCUT2D eigenvalue weighted by Crippen LogP contribution is -2.24. The van der Waals surface area contributed by atoms with Crippen molar-refractivity contribution in [1.82, 2.24) is 5.32 Å². The number of hydrogen-bond donors (Lipinski definition) is 1. The lowest BCUT2D eigenvalue weighted by Gasteiger charge is -2.04. The molecule has 19 heavy (non-hydrogen) atoms. The molecule has 0 saturated carbocycles. The van der Waals surface area contributed by atoms with Crippen LogP contribution in [0.25, 0.3) is 0 Å². The molecule has 0 radical (unpaired) electrons. The van der Waals surface area contributed by atoms with E-state index < -0.39 is 0 Å². The van der Waals surface area contributed by atoms with E-state index in [1.54, 1.807) is 6.07 Å². The van der Waals surface area contributed by atoms with Gasteiger partial charge in [0, 0.05) is 19.4 Å². The molecule has 0 fully saturated rings. The summed E-state index contributed by atoms with van der Waals surface area (Å²) in [6, 6.07) is 1.69. The smallest absolute Gasteiger partial charge is 0.305 e. The number of esters is 1. The van der Waals surface area contributed by atoms with Gasteiger partial charge in [0.25, 0.3) is 5.91 Å². The third-order valence-electron chi connectivity index (χ3n) is 2.88. The lowest BCUT2D eigenvalue weighted by atomic mass is 10.2. The van der Waals surface area contributed by atoms with E-state index in [0.29, 0.717) is 30.7 Å². The maximum atomic E-state index is 11.8. The van der Waals surface area contributed by atoms with Crippen LogP contribution in [0, 0.1) is 0 Å². The quantitative estimate of drug-likeness (QED) is 0.579. The maximum absolute atomic E-state index is 11.8. The molecule has 1 aromatic heterocycles. The van der Waals surface area contributed by atoms with Gasteiger partial charge in [-0.25, -0.2) is 0 Å². The fourth-order valence-electron chi connectivity index (χ4n) is 1.79. The fraction of sp³-hybridized carbons (Fsp3) is 0.571. The molecule has 1 heterocycles. The molecule has 0 aliphatic rings. The van der Waals surface area contributed by atoms with E-state index in [2.05, 4.69) is 10.1 Å². The minimum Gasteiger partial charge on any atom is -0.469 e. The summed E-state index contributed by atoms with van der Waals surface area (Å²) in [5.74, 6) is 0.428. The van der Waals surface area contributed by atoms with Crippen LogP contribution in [-0.2, 0) is 16.0 Å². The highest BCUT2D eigenvalue weighted by molar-refractivity contribution is 5.95. The first-order valence-corrected chi connectivity index (χ1v) is 6.60. The average molecular weight is 267 g/mol. The number of ether oxygens (including phenoxy) is 1. The van der Waals surface area contributed by atoms with Gasteiger partial charge in [-0.05, 0) is 18.9 Å². The van der Waals surface area contributed by atoms with Crippen molar-refractivity contribution in [1.29, 1.82) is 0 Å². The highest BCUT2D eigenvalue weighted by Crippen LogP contribution is 2.10. The van der Waals surface area contributed by atoms with Crippen LogP contribution in [0.1, 0.15) is 48.7 Å². The summed E-state index contributed by atoms with van der Waals surface area (Å²) in [5, 5.41) is 2.85. The van der Waals surface area contributed by atoms with E-state index in [-0.39, 0.29) is 11.9 Å². The number of furan rings is 1. The van der Waals surface area contributed by atoms with Gasteiger partial charge >= 0.3 is 5.97 Å². The van der Waals surface area contributed by atoms with Gasteiger partial charge in [0.1, 0.15) is 5.76 Å². The number of hydrogen-bond acceptors (Lipinski definition) is 4. The summed E-state index contributed by atoms with van der Waals surface area (Å²) in [4.78, 5) is 22.7. The normalized spacial score (nSPS) is 10.2. The second-order valence-corrected chi connectivity index (χ2v) is 4.25. The van der Waals surface area contributed by atoms with Gasteiger partial charge in [-0.3, -0.25) is 9.59 Å². The molecule has 1 rings (SSSR count). The first-order valence-electron chi connectivity index (χ1n) is 6.60. The van der Waals surface area contributed by atoms with Crippen LogP contribution in [0.5, 0.6) is 0 Å². The van der Waals surface area contributed by atoms with Crippen molar-refractivity contribution in [3.8, 4) is 0 Å². The minimum atomic E-state index is -0.185. The molecule has 1 N–H and O–H groups in total. The van der Waals surface area contributed by atoms with Crippen LogP contribution in [0.2, 0.25) is 0 Å². The molecule has 0 unspecified atom stereocenters. The Morgan fingerprint density at radius 3 is 2.79 bits per heavy atom. The Labute approximate surface area is 113 Å². The Balaban J connectivity index is 2.16. The van der Waals surface area contributed by atoms with Gasteiger partial charge in [-0.15, -0.1) is 0 Å². The van der Waals surface area contributed by atoms with E-state index in [1.807, 2.05) is 6.92 Å². The predicted octanol–water partition coefficient (Wildman–Crippen LogP) is 2.31. The largest absolute Gasteiger partial charge is 0.469 e. The van der Waals surface area contributed by atoms with Crippen molar-refractivity contribution in [2.75, 3.05) is 13.7 Å². The highest BCUT2D eigenvalue weighted by atomic mass is 16.5. The molecule has 0 aromatic carbocycles. The van der Waals surface area contributed by atoms with Crippen LogP contribution in [0.3, 0.4) is 0 Å². The lowest BCUT2D eigenvalue weighted by molar-refractivity contribution is -0.140. The Hall–Kier alpha value is -1.78. The molecule has 0 aliphatic carbocycles. The minimum absolute atomic E-state index is 0.0985. The van der Waals surface area contributed by atoms with Crippen LogP contribution in [0.15, 0.2) is 16.7 Å². The summed E-state index contributed by atoms with van der Waals surface area (Å²) in [5.41, 5.74) is 0.608. The third-order valence-corrected chi connectivity index (χ3v) is 2.88. The zero-order valence-electron chi connectivity index (χ0n) is 11.5. The summed E-state index contributed by atoms with van der Waals surface area (Å²) in [7, 11) is 1.39. The second kappa shape index (κ2) is 8.34. The zero-order chi connectivity index (χ0) is 14.1. The molecular formula is C14H21NO4. The zero-order valence-corrected chi connectivity index (χ0v) is 11.5. The van der Waals surface area contributed by atoms with E-state index in [9.17, 15) is 9.59 Å². The first-order chi connectivity index (χ1) is 9.19. The predicted molar refractivity (Wildman–Crippen MR) is 70.9 cm³/mol. The van der Waals surface area contributed by atoms with Crippen LogP contribution in [0.4, 0.5) is 0 Å². The topological polar surface area (TPSA) is 68.5 Å². The number of carbonyl (C=O) groups is 2. The van der Waals surface area contributed by atoms with Crippen molar-refractivity contribution in [3.05, 3.63) is 23.7 Å². The van der Waals surface area contributed by atoms with Crippen LogP contribution >= 0.6 is 0 Å². The first kappa shape index (κ1) is 15.3. The summed E-state index contributed by atoms with van der Waals surface area (Å²) in [6.07, 6.45) is 5.20. The van der Waals surface area contributed by atoms with Gasteiger partial charge in [-0.2, -0.15) is 0 Å². The van der Waals surface area contributed by atoms with Gasteiger partial charge < -0.3 is 14.5 Å². The van der Waals surface area contributed by atoms with Crippen molar-refractivity contribution < 1.29 is 18.7 Å². The molecule has 1 amide bonds. The number of unbranched alkanes of at least 4 members (excludes halogenated alkanes) is 2. The Morgan fingerprint density at radius 1 is 1.32 bits per heavy atom. The molecule has 0 atom stereocenters. The average Bonchev–Trinajstić information content (AvgIpc) is 2.90. The Kier molecular flexibility index (Phi) is 6.71. The van der Waals surface area contributed by atoms with Gasteiger partial charge in [0.2, 0.25) is 0 Å². The summed E-state index contributed by atoms with van der Waals surface area (Å²) in [6.45, 7) is 2.55. The fourth-order valence-corrected chi connectivity index (χ4v) is 1.79. The summed E-state index contributed by atoms with van der Waals surface area (Å²) >= 11 is 0. The van der Waals surface area contributed by atoms with Gasteiger partial charge in [0.05, 0.1) is 18.9 Å². The van der Waals surface area contributed by atoms with Crippen molar-refractivity contribution in [2.45, 2.75) is 39.0 Å². The number of amides is 1. The molecule has 5 heteroatoms. The third kappa shape index (κ3) is 5.16.